The Morgan fingerprint density at radius 3 is 2.78 bits per heavy atom. The summed E-state index contributed by atoms with van der Waals surface area (Å²) < 4.78 is 0. The summed E-state index contributed by atoms with van der Waals surface area (Å²) in [7, 11) is 0. The van der Waals surface area contributed by atoms with Gasteiger partial charge < -0.3 is 0 Å². The maximum atomic E-state index is 3.96. The van der Waals surface area contributed by atoms with Crippen molar-refractivity contribution in [1.82, 2.24) is 0 Å². The minimum Gasteiger partial charge on any atom is -0.262 e. The van der Waals surface area contributed by atoms with Gasteiger partial charge in [-0.1, -0.05) is 19.6 Å². The van der Waals surface area contributed by atoms with E-state index in [4.69, 9.17) is 0 Å². The molecule has 0 N–H and O–H groups in total. The van der Waals surface area contributed by atoms with E-state index >= 15 is 0 Å². The van der Waals surface area contributed by atoms with Gasteiger partial charge in [-0.15, -0.1) is 0 Å². The van der Waals surface area contributed by atoms with Crippen molar-refractivity contribution in [2.24, 2.45) is 4.99 Å². The number of allylic oxidation sites excluding steroid dienone is 2. The summed E-state index contributed by atoms with van der Waals surface area (Å²) in [4.78, 5) is 3.96. The maximum Gasteiger partial charge on any atom is 0.0369 e. The van der Waals surface area contributed by atoms with Crippen molar-refractivity contribution < 1.29 is 0 Å². The minimum absolute atomic E-state index is 1.01. The molecular weight excluding hydrogens is 110 g/mol. The molecular formula is C8H13N. The highest BCUT2D eigenvalue weighted by Crippen LogP contribution is 1.84. The topological polar surface area (TPSA) is 12.4 Å². The molecule has 50 valence electrons. The molecule has 0 spiro atoms. The maximum absolute atomic E-state index is 3.96. The van der Waals surface area contributed by atoms with Gasteiger partial charge in [0.15, 0.2) is 0 Å². The van der Waals surface area contributed by atoms with Crippen molar-refractivity contribution in [3.63, 3.8) is 0 Å². The van der Waals surface area contributed by atoms with Gasteiger partial charge in [0.1, 0.15) is 0 Å². The van der Waals surface area contributed by atoms with Gasteiger partial charge in [0.2, 0.25) is 0 Å². The molecule has 0 fully saturated rings. The first kappa shape index (κ1) is 8.15. The van der Waals surface area contributed by atoms with Crippen LogP contribution in [0.3, 0.4) is 0 Å². The molecule has 0 aliphatic heterocycles. The molecule has 0 saturated carbocycles. The van der Waals surface area contributed by atoms with Gasteiger partial charge in [-0.3, -0.25) is 4.99 Å². The molecule has 0 atom stereocenters. The second kappa shape index (κ2) is 5.29. The second-order valence-corrected chi connectivity index (χ2v) is 1.76. The Hall–Kier alpha value is -0.850. The van der Waals surface area contributed by atoms with Crippen LogP contribution in [0, 0.1) is 0 Å². The van der Waals surface area contributed by atoms with Crippen molar-refractivity contribution in [3.05, 3.63) is 24.9 Å². The normalized spacial score (nSPS) is 12.4. The molecule has 0 aromatic heterocycles. The molecule has 0 amide bonds. The minimum atomic E-state index is 1.01. The summed E-state index contributed by atoms with van der Waals surface area (Å²) >= 11 is 0. The Kier molecular flexibility index (Phi) is 4.79. The predicted octanol–water partition coefficient (Wildman–Crippen LogP) is 2.56. The largest absolute Gasteiger partial charge is 0.262 e. The van der Waals surface area contributed by atoms with Crippen LogP contribution in [0.5, 0.6) is 0 Å². The lowest BCUT2D eigenvalue weighted by Crippen LogP contribution is -1.80. The zero-order valence-corrected chi connectivity index (χ0v) is 6.09. The van der Waals surface area contributed by atoms with Crippen LogP contribution in [-0.4, -0.2) is 5.71 Å². The van der Waals surface area contributed by atoms with Crippen molar-refractivity contribution in [3.8, 4) is 0 Å². The Balaban J connectivity index is 3.74. The van der Waals surface area contributed by atoms with Crippen LogP contribution in [0.25, 0.3) is 0 Å². The fourth-order valence-electron chi connectivity index (χ4n) is 0.475. The second-order valence-electron chi connectivity index (χ2n) is 1.76. The number of nitrogens with zero attached hydrogens (tertiary/aromatic N) is 1. The van der Waals surface area contributed by atoms with Crippen molar-refractivity contribution in [2.45, 2.75) is 20.3 Å². The van der Waals surface area contributed by atoms with Gasteiger partial charge in [0.25, 0.3) is 0 Å². The first-order valence-corrected chi connectivity index (χ1v) is 3.13. The molecule has 1 nitrogen and oxygen atoms in total. The lowest BCUT2D eigenvalue weighted by Gasteiger charge is -1.84. The van der Waals surface area contributed by atoms with Crippen LogP contribution in [-0.2, 0) is 0 Å². The number of hydrogen-bond donors (Lipinski definition) is 0. The molecule has 0 saturated heterocycles. The molecule has 0 rings (SSSR count). The standard InChI is InChI=1S/C8H13N/c1-4-6-7-8(3)9-5-2/h5-7H,2,4H2,1,3H3/b7-6-,9-8-. The van der Waals surface area contributed by atoms with Gasteiger partial charge in [-0.25, -0.2) is 0 Å². The molecule has 0 radical (unpaired) electrons. The number of rotatable bonds is 3. The Bertz CT molecular complexity index is 132. The van der Waals surface area contributed by atoms with E-state index in [1.54, 1.807) is 6.20 Å². The molecule has 0 heterocycles. The third-order valence-corrected chi connectivity index (χ3v) is 0.890. The fraction of sp³-hybridized carbons (Fsp3) is 0.375. The molecule has 9 heavy (non-hydrogen) atoms. The summed E-state index contributed by atoms with van der Waals surface area (Å²) in [6.45, 7) is 7.53. The Morgan fingerprint density at radius 1 is 1.67 bits per heavy atom. The van der Waals surface area contributed by atoms with Crippen molar-refractivity contribution in [1.29, 1.82) is 0 Å². The highest BCUT2D eigenvalue weighted by Gasteiger charge is 1.75. The van der Waals surface area contributed by atoms with E-state index in [0.717, 1.165) is 12.1 Å². The van der Waals surface area contributed by atoms with E-state index in [9.17, 15) is 0 Å². The van der Waals surface area contributed by atoms with E-state index in [0.29, 0.717) is 0 Å². The van der Waals surface area contributed by atoms with E-state index in [-0.39, 0.29) is 0 Å². The third kappa shape index (κ3) is 5.01. The molecule has 0 bridgehead atoms. The molecule has 0 unspecified atom stereocenters. The predicted molar refractivity (Wildman–Crippen MR) is 42.7 cm³/mol. The highest BCUT2D eigenvalue weighted by molar-refractivity contribution is 5.93. The smallest absolute Gasteiger partial charge is 0.0369 e. The third-order valence-electron chi connectivity index (χ3n) is 0.890. The lowest BCUT2D eigenvalue weighted by atomic mass is 10.3. The average molecular weight is 123 g/mol. The van der Waals surface area contributed by atoms with Gasteiger partial charge in [-0.05, 0) is 19.4 Å². The Morgan fingerprint density at radius 2 is 2.33 bits per heavy atom. The zero-order chi connectivity index (χ0) is 7.11. The van der Waals surface area contributed by atoms with Crippen LogP contribution in [0.2, 0.25) is 0 Å². The summed E-state index contributed by atoms with van der Waals surface area (Å²) in [5, 5.41) is 0. The Labute approximate surface area is 56.8 Å². The molecule has 0 aromatic carbocycles. The molecule has 0 aromatic rings. The highest BCUT2D eigenvalue weighted by atomic mass is 14.7. The monoisotopic (exact) mass is 123 g/mol. The van der Waals surface area contributed by atoms with E-state index in [1.165, 1.54) is 0 Å². The number of hydrogen-bond acceptors (Lipinski definition) is 1. The zero-order valence-electron chi connectivity index (χ0n) is 6.09. The molecule has 1 heteroatoms. The first-order valence-electron chi connectivity index (χ1n) is 3.13. The van der Waals surface area contributed by atoms with Gasteiger partial charge in [-0.2, -0.15) is 0 Å². The van der Waals surface area contributed by atoms with Gasteiger partial charge in [0, 0.05) is 11.9 Å². The van der Waals surface area contributed by atoms with Crippen LogP contribution in [0.1, 0.15) is 20.3 Å². The van der Waals surface area contributed by atoms with E-state index in [1.807, 2.05) is 13.0 Å². The van der Waals surface area contributed by atoms with Crippen molar-refractivity contribution >= 4 is 5.71 Å². The fourth-order valence-corrected chi connectivity index (χ4v) is 0.475. The van der Waals surface area contributed by atoms with Gasteiger partial charge in [0.05, 0.1) is 0 Å². The van der Waals surface area contributed by atoms with Crippen LogP contribution >= 0.6 is 0 Å². The van der Waals surface area contributed by atoms with E-state index < -0.39 is 0 Å². The molecule has 0 aliphatic carbocycles. The lowest BCUT2D eigenvalue weighted by molar-refractivity contribution is 1.23. The summed E-state index contributed by atoms with van der Waals surface area (Å²) in [6.07, 6.45) is 6.67. The SMILES string of the molecule is C=C/N=C(C)\C=C/CC. The van der Waals surface area contributed by atoms with Crippen molar-refractivity contribution in [2.75, 3.05) is 0 Å². The van der Waals surface area contributed by atoms with Crippen LogP contribution in [0.4, 0.5) is 0 Å². The van der Waals surface area contributed by atoms with Gasteiger partial charge >= 0.3 is 0 Å². The quantitative estimate of drug-likeness (QED) is 0.511. The summed E-state index contributed by atoms with van der Waals surface area (Å²) in [6, 6.07) is 0. The summed E-state index contributed by atoms with van der Waals surface area (Å²) in [5.74, 6) is 0. The summed E-state index contributed by atoms with van der Waals surface area (Å²) in [5.41, 5.74) is 1.01. The number of aliphatic imine (C=N–C) groups is 1. The molecule has 0 aliphatic rings. The average Bonchev–Trinajstić information content (AvgIpc) is 1.85. The first-order chi connectivity index (χ1) is 4.31. The van der Waals surface area contributed by atoms with Crippen LogP contribution < -0.4 is 0 Å². The van der Waals surface area contributed by atoms with Crippen LogP contribution in [0.15, 0.2) is 29.9 Å². The van der Waals surface area contributed by atoms with E-state index in [2.05, 4.69) is 24.6 Å².